The molecule has 0 aliphatic carbocycles. The Morgan fingerprint density at radius 3 is 2.60 bits per heavy atom. The summed E-state index contributed by atoms with van der Waals surface area (Å²) in [5, 5.41) is 3.20. The summed E-state index contributed by atoms with van der Waals surface area (Å²) in [6, 6.07) is 6.52. The van der Waals surface area contributed by atoms with Gasteiger partial charge in [-0.15, -0.1) is 0 Å². The summed E-state index contributed by atoms with van der Waals surface area (Å²) in [7, 11) is -1.44. The second kappa shape index (κ2) is 5.49. The van der Waals surface area contributed by atoms with Gasteiger partial charge in [0.2, 0.25) is 0 Å². The van der Waals surface area contributed by atoms with Crippen molar-refractivity contribution >= 4 is 21.4 Å². The van der Waals surface area contributed by atoms with Gasteiger partial charge in [0.1, 0.15) is 0 Å². The first kappa shape index (κ1) is 12.5. The highest BCUT2D eigenvalue weighted by Gasteiger charge is 2.16. The molecule has 0 saturated carbocycles. The van der Waals surface area contributed by atoms with Gasteiger partial charge < -0.3 is 5.32 Å². The molecule has 15 heavy (non-hydrogen) atoms. The van der Waals surface area contributed by atoms with Crippen molar-refractivity contribution in [1.29, 1.82) is 0 Å². The lowest BCUT2D eigenvalue weighted by atomic mass is 10.4. The Morgan fingerprint density at radius 1 is 1.33 bits per heavy atom. The molecule has 0 bridgehead atoms. The molecule has 1 aromatic rings. The molecule has 84 valence electrons. The smallest absolute Gasteiger partial charge is 0.179 e. The molecule has 0 fully saturated rings. The van der Waals surface area contributed by atoms with E-state index in [1.54, 1.807) is 25.2 Å². The second-order valence-electron chi connectivity index (χ2n) is 3.21. The first-order valence-corrected chi connectivity index (χ1v) is 6.73. The van der Waals surface area contributed by atoms with Crippen LogP contribution in [0.1, 0.15) is 6.42 Å². The number of hydrogen-bond donors (Lipinski definition) is 1. The monoisotopic (exact) mass is 247 g/mol. The van der Waals surface area contributed by atoms with E-state index in [1.165, 1.54) is 6.07 Å². The standard InChI is InChI=1S/C10H14ClNO2S/c1-12-7-4-8-15(13,14)10-6-3-2-5-9(10)11/h2-3,5-6,12H,4,7-8H2,1H3. The molecular weight excluding hydrogens is 234 g/mol. The maximum Gasteiger partial charge on any atom is 0.179 e. The van der Waals surface area contributed by atoms with Crippen molar-refractivity contribution in [3.05, 3.63) is 29.3 Å². The van der Waals surface area contributed by atoms with Gasteiger partial charge in [0.25, 0.3) is 0 Å². The fraction of sp³-hybridized carbons (Fsp3) is 0.400. The minimum absolute atomic E-state index is 0.123. The first-order valence-electron chi connectivity index (χ1n) is 4.70. The summed E-state index contributed by atoms with van der Waals surface area (Å²) in [5.74, 6) is 0.123. The van der Waals surface area contributed by atoms with Crippen molar-refractivity contribution in [1.82, 2.24) is 5.32 Å². The van der Waals surface area contributed by atoms with E-state index in [9.17, 15) is 8.42 Å². The van der Waals surface area contributed by atoms with Gasteiger partial charge in [0.05, 0.1) is 15.7 Å². The molecule has 0 aliphatic rings. The average Bonchev–Trinajstić information content (AvgIpc) is 2.18. The van der Waals surface area contributed by atoms with Crippen LogP contribution in [0.4, 0.5) is 0 Å². The Kier molecular flexibility index (Phi) is 4.57. The topological polar surface area (TPSA) is 46.2 Å². The Labute approximate surface area is 95.4 Å². The van der Waals surface area contributed by atoms with E-state index >= 15 is 0 Å². The maximum absolute atomic E-state index is 11.8. The number of hydrogen-bond acceptors (Lipinski definition) is 3. The van der Waals surface area contributed by atoms with E-state index in [1.807, 2.05) is 0 Å². The first-order chi connectivity index (χ1) is 7.08. The summed E-state index contributed by atoms with van der Waals surface area (Å²) in [6.45, 7) is 0.684. The van der Waals surface area contributed by atoms with Gasteiger partial charge in [0, 0.05) is 0 Å². The molecule has 1 N–H and O–H groups in total. The van der Waals surface area contributed by atoms with Crippen LogP contribution in [0.2, 0.25) is 5.02 Å². The zero-order valence-corrected chi connectivity index (χ0v) is 10.1. The van der Waals surface area contributed by atoms with Crippen molar-refractivity contribution in [2.24, 2.45) is 0 Å². The molecule has 0 heterocycles. The highest BCUT2D eigenvalue weighted by molar-refractivity contribution is 7.91. The number of rotatable bonds is 5. The average molecular weight is 248 g/mol. The van der Waals surface area contributed by atoms with Crippen LogP contribution in [-0.4, -0.2) is 27.8 Å². The largest absolute Gasteiger partial charge is 0.320 e. The fourth-order valence-electron chi connectivity index (χ4n) is 1.25. The molecule has 0 aliphatic heterocycles. The third kappa shape index (κ3) is 3.48. The Balaban J connectivity index is 2.83. The Hall–Kier alpha value is -0.580. The lowest BCUT2D eigenvalue weighted by Gasteiger charge is -2.05. The van der Waals surface area contributed by atoms with E-state index in [2.05, 4.69) is 5.32 Å². The van der Waals surface area contributed by atoms with Crippen molar-refractivity contribution < 1.29 is 8.42 Å². The third-order valence-corrected chi connectivity index (χ3v) is 4.31. The van der Waals surface area contributed by atoms with Crippen LogP contribution in [0.5, 0.6) is 0 Å². The highest BCUT2D eigenvalue weighted by Crippen LogP contribution is 2.21. The molecule has 0 atom stereocenters. The minimum atomic E-state index is -3.24. The lowest BCUT2D eigenvalue weighted by Crippen LogP contribution is -2.14. The molecule has 0 radical (unpaired) electrons. The molecule has 0 saturated heterocycles. The number of halogens is 1. The molecule has 0 spiro atoms. The number of sulfone groups is 1. The van der Waals surface area contributed by atoms with Crippen LogP contribution in [0.25, 0.3) is 0 Å². The van der Waals surface area contributed by atoms with Crippen LogP contribution in [-0.2, 0) is 9.84 Å². The molecule has 5 heteroatoms. The molecule has 0 aromatic heterocycles. The predicted molar refractivity (Wildman–Crippen MR) is 62.0 cm³/mol. The van der Waals surface area contributed by atoms with E-state index in [-0.39, 0.29) is 10.6 Å². The molecule has 0 amide bonds. The van der Waals surface area contributed by atoms with E-state index < -0.39 is 9.84 Å². The Bertz CT molecular complexity index is 417. The molecule has 1 rings (SSSR count). The third-order valence-electron chi connectivity index (χ3n) is 2.01. The van der Waals surface area contributed by atoms with Crippen LogP contribution in [0.15, 0.2) is 29.2 Å². The Morgan fingerprint density at radius 2 is 2.00 bits per heavy atom. The van der Waals surface area contributed by atoms with E-state index in [4.69, 9.17) is 11.6 Å². The molecule has 1 aromatic carbocycles. The van der Waals surface area contributed by atoms with Gasteiger partial charge in [-0.1, -0.05) is 23.7 Å². The molecular formula is C10H14ClNO2S. The SMILES string of the molecule is CNCCCS(=O)(=O)c1ccccc1Cl. The maximum atomic E-state index is 11.8. The quantitative estimate of drug-likeness (QED) is 0.806. The summed E-state index contributed by atoms with van der Waals surface area (Å²) >= 11 is 5.83. The summed E-state index contributed by atoms with van der Waals surface area (Å²) in [4.78, 5) is 0.225. The van der Waals surface area contributed by atoms with Gasteiger partial charge >= 0.3 is 0 Å². The predicted octanol–water partition coefficient (Wildman–Crippen LogP) is 1.72. The number of benzene rings is 1. The van der Waals surface area contributed by atoms with E-state index in [0.29, 0.717) is 18.0 Å². The minimum Gasteiger partial charge on any atom is -0.320 e. The molecule has 0 unspecified atom stereocenters. The van der Waals surface area contributed by atoms with Gasteiger partial charge in [-0.05, 0) is 32.1 Å². The van der Waals surface area contributed by atoms with Crippen LogP contribution >= 0.6 is 11.6 Å². The van der Waals surface area contributed by atoms with Crippen LogP contribution in [0, 0.1) is 0 Å². The zero-order chi connectivity index (χ0) is 11.3. The zero-order valence-electron chi connectivity index (χ0n) is 8.53. The molecule has 3 nitrogen and oxygen atoms in total. The van der Waals surface area contributed by atoms with Crippen LogP contribution < -0.4 is 5.32 Å². The normalized spacial score (nSPS) is 11.6. The van der Waals surface area contributed by atoms with Gasteiger partial charge in [-0.3, -0.25) is 0 Å². The van der Waals surface area contributed by atoms with Crippen molar-refractivity contribution in [3.8, 4) is 0 Å². The summed E-state index contributed by atoms with van der Waals surface area (Å²) < 4.78 is 23.6. The fourth-order valence-corrected chi connectivity index (χ4v) is 3.13. The summed E-state index contributed by atoms with van der Waals surface area (Å²) in [5.41, 5.74) is 0. The van der Waals surface area contributed by atoms with Crippen LogP contribution in [0.3, 0.4) is 0 Å². The lowest BCUT2D eigenvalue weighted by molar-refractivity contribution is 0.592. The summed E-state index contributed by atoms with van der Waals surface area (Å²) in [6.07, 6.45) is 0.587. The van der Waals surface area contributed by atoms with Crippen molar-refractivity contribution in [2.45, 2.75) is 11.3 Å². The van der Waals surface area contributed by atoms with Gasteiger partial charge in [-0.2, -0.15) is 0 Å². The van der Waals surface area contributed by atoms with Gasteiger partial charge in [0.15, 0.2) is 9.84 Å². The second-order valence-corrected chi connectivity index (χ2v) is 5.69. The highest BCUT2D eigenvalue weighted by atomic mass is 35.5. The number of nitrogens with one attached hydrogen (secondary N) is 1. The van der Waals surface area contributed by atoms with E-state index in [0.717, 1.165) is 0 Å². The van der Waals surface area contributed by atoms with Crippen molar-refractivity contribution in [3.63, 3.8) is 0 Å². The van der Waals surface area contributed by atoms with Crippen molar-refractivity contribution in [2.75, 3.05) is 19.3 Å². The van der Waals surface area contributed by atoms with Gasteiger partial charge in [-0.25, -0.2) is 8.42 Å².